The van der Waals surface area contributed by atoms with Crippen LogP contribution in [0, 0.1) is 6.92 Å². The van der Waals surface area contributed by atoms with Gasteiger partial charge in [0.25, 0.3) is 5.91 Å². The number of halogens is 5. The fraction of sp³-hybridized carbons (Fsp3) is 0.263. The summed E-state index contributed by atoms with van der Waals surface area (Å²) in [4.78, 5) is 12.8. The first-order valence-electron chi connectivity index (χ1n) is 8.59. The second-order valence-corrected chi connectivity index (χ2v) is 10.7. The standard InChI is InChI=1S/C19H18Br2Cl3N3O3S/c1-9-6-11(20)15(12(21)7-9)25-18(31)27-17(19(22,23)24)26-16(28)10-4-5-13(29-2)14(8-10)30-3/h4-8,17H,1-3H3,(H,26,28)(H2,25,27,31)/t17-/m0/s1. The van der Waals surface area contributed by atoms with Crippen LogP contribution in [0.25, 0.3) is 0 Å². The lowest BCUT2D eigenvalue weighted by atomic mass is 10.2. The number of hydrogen-bond donors (Lipinski definition) is 3. The van der Waals surface area contributed by atoms with Gasteiger partial charge in [0.15, 0.2) is 16.6 Å². The Balaban J connectivity index is 2.18. The van der Waals surface area contributed by atoms with E-state index in [0.717, 1.165) is 14.5 Å². The molecule has 3 N–H and O–H groups in total. The van der Waals surface area contributed by atoms with Crippen molar-refractivity contribution in [3.63, 3.8) is 0 Å². The largest absolute Gasteiger partial charge is 0.493 e. The summed E-state index contributed by atoms with van der Waals surface area (Å²) in [5, 5.41) is 8.60. The molecule has 31 heavy (non-hydrogen) atoms. The van der Waals surface area contributed by atoms with Gasteiger partial charge in [0.1, 0.15) is 6.17 Å². The molecule has 0 radical (unpaired) electrons. The second kappa shape index (κ2) is 11.2. The Bertz CT molecular complexity index is 967. The summed E-state index contributed by atoms with van der Waals surface area (Å²) < 4.78 is 10.1. The number of benzene rings is 2. The summed E-state index contributed by atoms with van der Waals surface area (Å²) in [6.07, 6.45) is -1.14. The molecule has 12 heteroatoms. The smallest absolute Gasteiger partial charge is 0.253 e. The molecule has 0 saturated carbocycles. The predicted molar refractivity (Wildman–Crippen MR) is 137 cm³/mol. The molecule has 0 spiro atoms. The molecule has 2 rings (SSSR count). The third-order valence-corrected chi connectivity index (χ3v) is 6.07. The molecule has 0 unspecified atom stereocenters. The zero-order valence-corrected chi connectivity index (χ0v) is 22.7. The number of carbonyl (C=O) groups is 1. The van der Waals surface area contributed by atoms with Crippen LogP contribution in [-0.4, -0.2) is 35.2 Å². The van der Waals surface area contributed by atoms with Crippen molar-refractivity contribution in [1.29, 1.82) is 0 Å². The van der Waals surface area contributed by atoms with Crippen molar-refractivity contribution in [1.82, 2.24) is 10.6 Å². The molecule has 0 heterocycles. The van der Waals surface area contributed by atoms with Crippen molar-refractivity contribution in [3.05, 3.63) is 50.4 Å². The monoisotopic (exact) mass is 631 g/mol. The van der Waals surface area contributed by atoms with Crippen LogP contribution in [0.1, 0.15) is 15.9 Å². The summed E-state index contributed by atoms with van der Waals surface area (Å²) in [5.74, 6) is 0.361. The van der Waals surface area contributed by atoms with Crippen LogP contribution in [0.3, 0.4) is 0 Å². The third kappa shape index (κ3) is 7.27. The van der Waals surface area contributed by atoms with E-state index < -0.39 is 15.9 Å². The maximum absolute atomic E-state index is 12.8. The first kappa shape index (κ1) is 26.3. The number of rotatable bonds is 6. The number of alkyl halides is 3. The maximum Gasteiger partial charge on any atom is 0.253 e. The quantitative estimate of drug-likeness (QED) is 0.207. The van der Waals surface area contributed by atoms with Gasteiger partial charge in [-0.25, -0.2) is 0 Å². The highest BCUT2D eigenvalue weighted by Crippen LogP contribution is 2.33. The Labute approximate surface area is 217 Å². The lowest BCUT2D eigenvalue weighted by molar-refractivity contribution is 0.0934. The third-order valence-electron chi connectivity index (χ3n) is 3.95. The molecule has 0 aliphatic rings. The van der Waals surface area contributed by atoms with Gasteiger partial charge in [-0.1, -0.05) is 34.8 Å². The Morgan fingerprint density at radius 2 is 1.61 bits per heavy atom. The minimum atomic E-state index is -1.90. The molecule has 168 valence electrons. The van der Waals surface area contributed by atoms with Crippen LogP contribution in [-0.2, 0) is 0 Å². The van der Waals surface area contributed by atoms with Crippen molar-refractivity contribution in [2.75, 3.05) is 19.5 Å². The molecule has 0 aliphatic carbocycles. The van der Waals surface area contributed by atoms with Crippen LogP contribution in [0.15, 0.2) is 39.3 Å². The molecule has 2 aromatic rings. The molecular formula is C19H18Br2Cl3N3O3S. The van der Waals surface area contributed by atoms with Crippen molar-refractivity contribution < 1.29 is 14.3 Å². The SMILES string of the molecule is COc1ccc(C(=O)N[C@@H](NC(=S)Nc2c(Br)cc(C)cc2Br)C(Cl)(Cl)Cl)cc1OC. The van der Waals surface area contributed by atoms with Gasteiger partial charge in [-0.15, -0.1) is 0 Å². The highest BCUT2D eigenvalue weighted by atomic mass is 79.9. The van der Waals surface area contributed by atoms with Crippen LogP contribution in [0.4, 0.5) is 5.69 Å². The van der Waals surface area contributed by atoms with Gasteiger partial charge in [0.2, 0.25) is 3.79 Å². The molecule has 1 amide bonds. The van der Waals surface area contributed by atoms with Gasteiger partial charge in [0, 0.05) is 14.5 Å². The van der Waals surface area contributed by atoms with Crippen LogP contribution >= 0.6 is 78.9 Å². The molecule has 0 aliphatic heterocycles. The van der Waals surface area contributed by atoms with Crippen molar-refractivity contribution >= 4 is 95.6 Å². The topological polar surface area (TPSA) is 71.6 Å². The first-order valence-corrected chi connectivity index (χ1v) is 11.7. The van der Waals surface area contributed by atoms with Gasteiger partial charge in [-0.2, -0.15) is 0 Å². The normalized spacial score (nSPS) is 12.0. The fourth-order valence-electron chi connectivity index (χ4n) is 2.49. The maximum atomic E-state index is 12.8. The molecule has 0 fully saturated rings. The van der Waals surface area contributed by atoms with Gasteiger partial charge in [-0.05, 0) is 86.9 Å². The van der Waals surface area contributed by atoms with E-state index in [1.807, 2.05) is 19.1 Å². The van der Waals surface area contributed by atoms with E-state index in [9.17, 15) is 4.79 Å². The van der Waals surface area contributed by atoms with Crippen molar-refractivity contribution in [2.45, 2.75) is 16.9 Å². The first-order chi connectivity index (χ1) is 14.5. The highest BCUT2D eigenvalue weighted by molar-refractivity contribution is 9.11. The summed E-state index contributed by atoms with van der Waals surface area (Å²) in [6, 6.07) is 8.51. The van der Waals surface area contributed by atoms with E-state index in [1.54, 1.807) is 12.1 Å². The van der Waals surface area contributed by atoms with E-state index in [1.165, 1.54) is 20.3 Å². The van der Waals surface area contributed by atoms with E-state index >= 15 is 0 Å². The molecule has 0 aromatic heterocycles. The summed E-state index contributed by atoms with van der Waals surface area (Å²) >= 11 is 30.5. The van der Waals surface area contributed by atoms with E-state index in [-0.39, 0.29) is 10.7 Å². The number of ether oxygens (including phenoxy) is 2. The highest BCUT2D eigenvalue weighted by Gasteiger charge is 2.35. The minimum Gasteiger partial charge on any atom is -0.493 e. The number of methoxy groups -OCH3 is 2. The number of amides is 1. The lowest BCUT2D eigenvalue weighted by Gasteiger charge is -2.28. The zero-order chi connectivity index (χ0) is 23.3. The Morgan fingerprint density at radius 3 is 2.13 bits per heavy atom. The van der Waals surface area contributed by atoms with E-state index in [2.05, 4.69) is 47.8 Å². The van der Waals surface area contributed by atoms with Crippen molar-refractivity contribution in [3.8, 4) is 11.5 Å². The van der Waals surface area contributed by atoms with Gasteiger partial charge in [0.05, 0.1) is 19.9 Å². The molecule has 0 saturated heterocycles. The molecule has 6 nitrogen and oxygen atoms in total. The van der Waals surface area contributed by atoms with Crippen molar-refractivity contribution in [2.24, 2.45) is 0 Å². The zero-order valence-electron chi connectivity index (χ0n) is 16.5. The van der Waals surface area contributed by atoms with Gasteiger partial charge >= 0.3 is 0 Å². The number of carbonyl (C=O) groups excluding carboxylic acids is 1. The Hall–Kier alpha value is -0.970. The average Bonchev–Trinajstić information content (AvgIpc) is 2.68. The second-order valence-electron chi connectivity index (χ2n) is 6.22. The molecular weight excluding hydrogens is 616 g/mol. The molecule has 0 bridgehead atoms. The number of hydrogen-bond acceptors (Lipinski definition) is 4. The Morgan fingerprint density at radius 1 is 1.03 bits per heavy atom. The van der Waals surface area contributed by atoms with Gasteiger partial charge in [-0.3, -0.25) is 4.79 Å². The summed E-state index contributed by atoms with van der Waals surface area (Å²) in [6.45, 7) is 1.96. The average molecular weight is 635 g/mol. The van der Waals surface area contributed by atoms with Crippen LogP contribution in [0.5, 0.6) is 11.5 Å². The molecule has 2 aromatic carbocycles. The minimum absolute atomic E-state index is 0.134. The summed E-state index contributed by atoms with van der Waals surface area (Å²) in [5.41, 5.74) is 2.00. The van der Waals surface area contributed by atoms with E-state index in [0.29, 0.717) is 17.2 Å². The van der Waals surface area contributed by atoms with Crippen LogP contribution < -0.4 is 25.4 Å². The van der Waals surface area contributed by atoms with Gasteiger partial charge < -0.3 is 25.4 Å². The molecule has 1 atom stereocenters. The predicted octanol–water partition coefficient (Wildman–Crippen LogP) is 5.95. The fourth-order valence-corrected chi connectivity index (χ4v) is 4.65. The lowest BCUT2D eigenvalue weighted by Crippen LogP contribution is -2.56. The number of aryl methyl sites for hydroxylation is 1. The van der Waals surface area contributed by atoms with E-state index in [4.69, 9.17) is 56.5 Å². The Kier molecular flexibility index (Phi) is 9.54. The number of thiocarbonyl (C=S) groups is 1. The number of anilines is 1. The van der Waals surface area contributed by atoms with Crippen LogP contribution in [0.2, 0.25) is 0 Å². The number of nitrogens with one attached hydrogen (secondary N) is 3. The summed E-state index contributed by atoms with van der Waals surface area (Å²) in [7, 11) is 2.97.